The van der Waals surface area contributed by atoms with Crippen LogP contribution >= 0.6 is 31.9 Å². The minimum Gasteiger partial charge on any atom is -0.496 e. The minimum absolute atomic E-state index is 0.0667. The van der Waals surface area contributed by atoms with Crippen LogP contribution in [0.5, 0.6) is 5.75 Å². The van der Waals surface area contributed by atoms with E-state index in [9.17, 15) is 4.39 Å². The van der Waals surface area contributed by atoms with Gasteiger partial charge in [0, 0.05) is 16.5 Å². The van der Waals surface area contributed by atoms with E-state index in [1.165, 1.54) is 17.2 Å². The standard InChI is InChI=1S/C16H15Br2FO/c1-10-3-5-11(6-4-10)7-13(17)12-8-14(18)15(19)9-16(12)20-2/h3-6,8-9,13H,7H2,1-2H3. The first-order valence-electron chi connectivity index (χ1n) is 6.24. The lowest BCUT2D eigenvalue weighted by Crippen LogP contribution is -2.00. The topological polar surface area (TPSA) is 9.23 Å². The Bertz CT molecular complexity index is 596. The highest BCUT2D eigenvalue weighted by Crippen LogP contribution is 2.36. The second kappa shape index (κ2) is 6.72. The Morgan fingerprint density at radius 2 is 1.85 bits per heavy atom. The van der Waals surface area contributed by atoms with Crippen molar-refractivity contribution in [3.8, 4) is 5.75 Å². The van der Waals surface area contributed by atoms with Crippen molar-refractivity contribution in [2.45, 2.75) is 18.2 Å². The molecule has 0 aliphatic rings. The first-order valence-corrected chi connectivity index (χ1v) is 7.94. The molecule has 0 saturated carbocycles. The predicted octanol–water partition coefficient (Wildman–Crippen LogP) is 5.58. The third-order valence-electron chi connectivity index (χ3n) is 3.15. The van der Waals surface area contributed by atoms with Crippen molar-refractivity contribution in [2.24, 2.45) is 0 Å². The molecule has 2 rings (SSSR count). The second-order valence-electron chi connectivity index (χ2n) is 4.67. The van der Waals surface area contributed by atoms with E-state index >= 15 is 0 Å². The van der Waals surface area contributed by atoms with Gasteiger partial charge in [-0.25, -0.2) is 4.39 Å². The van der Waals surface area contributed by atoms with Gasteiger partial charge in [-0.05, 0) is 40.9 Å². The molecule has 0 fully saturated rings. The summed E-state index contributed by atoms with van der Waals surface area (Å²) < 4.78 is 19.3. The van der Waals surface area contributed by atoms with Gasteiger partial charge in [-0.3, -0.25) is 0 Å². The maximum Gasteiger partial charge on any atom is 0.141 e. The van der Waals surface area contributed by atoms with Crippen LogP contribution in [0.2, 0.25) is 0 Å². The highest BCUT2D eigenvalue weighted by molar-refractivity contribution is 9.10. The molecule has 0 amide bonds. The normalized spacial score (nSPS) is 12.2. The van der Waals surface area contributed by atoms with Crippen LogP contribution in [0.3, 0.4) is 0 Å². The molecule has 0 heterocycles. The SMILES string of the molecule is COc1cc(F)c(Br)cc1C(Br)Cc1ccc(C)cc1. The number of alkyl halides is 1. The fraction of sp³-hybridized carbons (Fsp3) is 0.250. The number of aryl methyl sites for hydroxylation is 1. The number of hydrogen-bond donors (Lipinski definition) is 0. The van der Waals surface area contributed by atoms with Gasteiger partial charge in [0.15, 0.2) is 0 Å². The van der Waals surface area contributed by atoms with Crippen LogP contribution in [-0.4, -0.2) is 7.11 Å². The van der Waals surface area contributed by atoms with Crippen molar-refractivity contribution in [3.05, 3.63) is 63.4 Å². The maximum atomic E-state index is 13.5. The van der Waals surface area contributed by atoms with Gasteiger partial charge in [0.05, 0.1) is 11.6 Å². The van der Waals surface area contributed by atoms with Gasteiger partial charge in [0.1, 0.15) is 11.6 Å². The summed E-state index contributed by atoms with van der Waals surface area (Å²) in [5.74, 6) is 0.236. The summed E-state index contributed by atoms with van der Waals surface area (Å²) in [6, 6.07) is 11.6. The van der Waals surface area contributed by atoms with Crippen molar-refractivity contribution in [1.29, 1.82) is 0 Å². The predicted molar refractivity (Wildman–Crippen MR) is 87.2 cm³/mol. The number of halogens is 3. The molecule has 1 nitrogen and oxygen atoms in total. The van der Waals surface area contributed by atoms with Gasteiger partial charge in [-0.2, -0.15) is 0 Å². The molecular formula is C16H15Br2FO. The molecule has 0 aliphatic heterocycles. The van der Waals surface area contributed by atoms with Gasteiger partial charge in [0.25, 0.3) is 0 Å². The zero-order chi connectivity index (χ0) is 14.7. The summed E-state index contributed by atoms with van der Waals surface area (Å²) in [4.78, 5) is 0.0667. The van der Waals surface area contributed by atoms with Crippen LogP contribution in [0.15, 0.2) is 40.9 Å². The Balaban J connectivity index is 2.26. The molecule has 0 bridgehead atoms. The summed E-state index contributed by atoms with van der Waals surface area (Å²) in [6.45, 7) is 2.06. The van der Waals surface area contributed by atoms with Crippen molar-refractivity contribution in [3.63, 3.8) is 0 Å². The Hall–Kier alpha value is -0.870. The summed E-state index contributed by atoms with van der Waals surface area (Å²) in [7, 11) is 1.55. The van der Waals surface area contributed by atoms with Crippen molar-refractivity contribution >= 4 is 31.9 Å². The van der Waals surface area contributed by atoms with Crippen molar-refractivity contribution in [1.82, 2.24) is 0 Å². The molecule has 0 radical (unpaired) electrons. The molecule has 0 N–H and O–H groups in total. The molecule has 0 spiro atoms. The van der Waals surface area contributed by atoms with Crippen LogP contribution in [0.25, 0.3) is 0 Å². The second-order valence-corrected chi connectivity index (χ2v) is 6.63. The van der Waals surface area contributed by atoms with E-state index in [2.05, 4.69) is 63.0 Å². The van der Waals surface area contributed by atoms with Crippen LogP contribution in [0.4, 0.5) is 4.39 Å². The molecule has 0 saturated heterocycles. The van der Waals surface area contributed by atoms with E-state index in [4.69, 9.17) is 4.74 Å². The fourth-order valence-corrected chi connectivity index (χ4v) is 3.10. The first kappa shape index (κ1) is 15.5. The molecule has 2 aromatic carbocycles. The lowest BCUT2D eigenvalue weighted by Gasteiger charge is -2.15. The lowest BCUT2D eigenvalue weighted by atomic mass is 10.0. The van der Waals surface area contributed by atoms with Gasteiger partial charge in [-0.15, -0.1) is 0 Å². The highest BCUT2D eigenvalue weighted by atomic mass is 79.9. The van der Waals surface area contributed by atoms with Gasteiger partial charge in [0.2, 0.25) is 0 Å². The van der Waals surface area contributed by atoms with E-state index in [1.54, 1.807) is 13.2 Å². The van der Waals surface area contributed by atoms with Gasteiger partial charge in [-0.1, -0.05) is 45.8 Å². The van der Waals surface area contributed by atoms with E-state index in [0.29, 0.717) is 10.2 Å². The zero-order valence-corrected chi connectivity index (χ0v) is 14.5. The van der Waals surface area contributed by atoms with E-state index < -0.39 is 0 Å². The minimum atomic E-state index is -0.319. The number of hydrogen-bond acceptors (Lipinski definition) is 1. The van der Waals surface area contributed by atoms with Gasteiger partial charge >= 0.3 is 0 Å². The molecule has 1 unspecified atom stereocenters. The summed E-state index contributed by atoms with van der Waals surface area (Å²) in [5.41, 5.74) is 3.39. The van der Waals surface area contributed by atoms with Crippen molar-refractivity contribution < 1.29 is 9.13 Å². The molecule has 4 heteroatoms. The Labute approximate surface area is 135 Å². The molecule has 0 aromatic heterocycles. The van der Waals surface area contributed by atoms with Crippen LogP contribution in [0.1, 0.15) is 21.5 Å². The highest BCUT2D eigenvalue weighted by Gasteiger charge is 2.16. The Morgan fingerprint density at radius 1 is 1.20 bits per heavy atom. The van der Waals surface area contributed by atoms with Gasteiger partial charge < -0.3 is 4.74 Å². The molecule has 2 aromatic rings. The molecular weight excluding hydrogens is 387 g/mol. The molecule has 1 atom stereocenters. The van der Waals surface area contributed by atoms with Crippen molar-refractivity contribution in [2.75, 3.05) is 7.11 Å². The quantitative estimate of drug-likeness (QED) is 0.607. The van der Waals surface area contributed by atoms with Crippen LogP contribution in [-0.2, 0) is 6.42 Å². The molecule has 20 heavy (non-hydrogen) atoms. The number of ether oxygens (including phenoxy) is 1. The number of rotatable bonds is 4. The third kappa shape index (κ3) is 3.61. The molecule has 0 aliphatic carbocycles. The number of methoxy groups -OCH3 is 1. The number of benzene rings is 2. The lowest BCUT2D eigenvalue weighted by molar-refractivity contribution is 0.405. The average Bonchev–Trinajstić information content (AvgIpc) is 2.43. The van der Waals surface area contributed by atoms with E-state index in [-0.39, 0.29) is 10.6 Å². The summed E-state index contributed by atoms with van der Waals surface area (Å²) >= 11 is 6.89. The maximum absolute atomic E-state index is 13.5. The smallest absolute Gasteiger partial charge is 0.141 e. The Kier molecular flexibility index (Phi) is 5.22. The monoisotopic (exact) mass is 400 g/mol. The van der Waals surface area contributed by atoms with E-state index in [1.807, 2.05) is 0 Å². The largest absolute Gasteiger partial charge is 0.496 e. The van der Waals surface area contributed by atoms with Crippen LogP contribution < -0.4 is 4.74 Å². The average molecular weight is 402 g/mol. The zero-order valence-electron chi connectivity index (χ0n) is 11.3. The first-order chi connectivity index (χ1) is 9.51. The molecule has 106 valence electrons. The summed E-state index contributed by atoms with van der Waals surface area (Å²) in [6.07, 6.45) is 0.814. The van der Waals surface area contributed by atoms with Crippen LogP contribution in [0, 0.1) is 12.7 Å². The third-order valence-corrected chi connectivity index (χ3v) is 4.57. The summed E-state index contributed by atoms with van der Waals surface area (Å²) in [5, 5.41) is 0. The van der Waals surface area contributed by atoms with E-state index in [0.717, 1.165) is 12.0 Å². The fourth-order valence-electron chi connectivity index (χ4n) is 2.01. The Morgan fingerprint density at radius 3 is 2.45 bits per heavy atom.